The first-order valence-corrected chi connectivity index (χ1v) is 6.91. The lowest BCUT2D eigenvalue weighted by molar-refractivity contribution is -0.0831. The SMILES string of the molecule is CCOC(C)(C)C(C)CCOC(C)(C)C(C)C. The largest absolute Gasteiger partial charge is 0.376 e. The fraction of sp³-hybridized carbons (Fsp3) is 1.00. The minimum atomic E-state index is -0.0555. The summed E-state index contributed by atoms with van der Waals surface area (Å²) in [4.78, 5) is 0. The summed E-state index contributed by atoms with van der Waals surface area (Å²) >= 11 is 0. The molecule has 1 atom stereocenters. The average molecular weight is 244 g/mol. The van der Waals surface area contributed by atoms with Crippen molar-refractivity contribution in [2.24, 2.45) is 11.8 Å². The molecule has 0 spiro atoms. The molecule has 0 heterocycles. The fourth-order valence-corrected chi connectivity index (χ4v) is 1.53. The smallest absolute Gasteiger partial charge is 0.0652 e. The van der Waals surface area contributed by atoms with Crippen LogP contribution in [0.15, 0.2) is 0 Å². The number of hydrogen-bond acceptors (Lipinski definition) is 2. The van der Waals surface area contributed by atoms with Crippen LogP contribution in [0.25, 0.3) is 0 Å². The molecular formula is C15H32O2. The lowest BCUT2D eigenvalue weighted by atomic mass is 9.89. The molecule has 0 aliphatic rings. The number of rotatable bonds is 8. The Hall–Kier alpha value is -0.0800. The Morgan fingerprint density at radius 2 is 1.41 bits per heavy atom. The molecule has 0 aromatic heterocycles. The van der Waals surface area contributed by atoms with E-state index in [-0.39, 0.29) is 11.2 Å². The molecule has 0 amide bonds. The molecule has 0 N–H and O–H groups in total. The molecule has 0 aliphatic carbocycles. The van der Waals surface area contributed by atoms with Gasteiger partial charge in [0.2, 0.25) is 0 Å². The Bertz CT molecular complexity index is 207. The Labute approximate surface area is 108 Å². The first-order valence-electron chi connectivity index (χ1n) is 6.91. The van der Waals surface area contributed by atoms with Crippen molar-refractivity contribution < 1.29 is 9.47 Å². The van der Waals surface area contributed by atoms with Gasteiger partial charge < -0.3 is 9.47 Å². The molecule has 0 fully saturated rings. The van der Waals surface area contributed by atoms with Crippen LogP contribution in [0.5, 0.6) is 0 Å². The van der Waals surface area contributed by atoms with Crippen molar-refractivity contribution in [1.29, 1.82) is 0 Å². The quantitative estimate of drug-likeness (QED) is 0.634. The van der Waals surface area contributed by atoms with Crippen LogP contribution in [-0.4, -0.2) is 24.4 Å². The Morgan fingerprint density at radius 1 is 0.882 bits per heavy atom. The van der Waals surface area contributed by atoms with Gasteiger partial charge in [-0.2, -0.15) is 0 Å². The second kappa shape index (κ2) is 6.75. The van der Waals surface area contributed by atoms with Crippen molar-refractivity contribution in [3.63, 3.8) is 0 Å². The molecule has 1 unspecified atom stereocenters. The Morgan fingerprint density at radius 3 is 1.82 bits per heavy atom. The second-order valence-corrected chi connectivity index (χ2v) is 6.33. The van der Waals surface area contributed by atoms with Crippen LogP contribution in [0.3, 0.4) is 0 Å². The van der Waals surface area contributed by atoms with E-state index in [2.05, 4.69) is 48.5 Å². The van der Waals surface area contributed by atoms with Gasteiger partial charge >= 0.3 is 0 Å². The van der Waals surface area contributed by atoms with Crippen LogP contribution < -0.4 is 0 Å². The first-order chi connectivity index (χ1) is 7.63. The molecule has 0 bridgehead atoms. The van der Waals surface area contributed by atoms with Crippen LogP contribution in [-0.2, 0) is 9.47 Å². The minimum absolute atomic E-state index is 0.0323. The van der Waals surface area contributed by atoms with E-state index >= 15 is 0 Å². The Kier molecular flexibility index (Phi) is 6.71. The summed E-state index contributed by atoms with van der Waals surface area (Å²) in [5.74, 6) is 1.04. The van der Waals surface area contributed by atoms with Crippen molar-refractivity contribution >= 4 is 0 Å². The average Bonchev–Trinajstić information content (AvgIpc) is 2.16. The van der Waals surface area contributed by atoms with Gasteiger partial charge in [0, 0.05) is 13.2 Å². The van der Waals surface area contributed by atoms with Gasteiger partial charge in [-0.05, 0) is 52.9 Å². The van der Waals surface area contributed by atoms with Crippen LogP contribution in [0.1, 0.15) is 61.8 Å². The van der Waals surface area contributed by atoms with E-state index < -0.39 is 0 Å². The molecule has 0 rings (SSSR count). The molecule has 0 saturated carbocycles. The molecule has 104 valence electrons. The minimum Gasteiger partial charge on any atom is -0.376 e. The maximum absolute atomic E-state index is 5.98. The zero-order chi connectivity index (χ0) is 13.7. The van der Waals surface area contributed by atoms with Crippen LogP contribution in [0.2, 0.25) is 0 Å². The third kappa shape index (κ3) is 5.87. The highest BCUT2D eigenvalue weighted by atomic mass is 16.5. The predicted molar refractivity (Wildman–Crippen MR) is 74.4 cm³/mol. The van der Waals surface area contributed by atoms with E-state index in [0.29, 0.717) is 11.8 Å². The summed E-state index contributed by atoms with van der Waals surface area (Å²) in [7, 11) is 0. The summed E-state index contributed by atoms with van der Waals surface area (Å²) < 4.78 is 11.7. The molecule has 0 radical (unpaired) electrons. The third-order valence-electron chi connectivity index (χ3n) is 4.12. The number of hydrogen-bond donors (Lipinski definition) is 0. The normalized spacial score (nSPS) is 15.4. The molecule has 17 heavy (non-hydrogen) atoms. The molecule has 0 aromatic carbocycles. The summed E-state index contributed by atoms with van der Waals surface area (Å²) in [5, 5.41) is 0. The topological polar surface area (TPSA) is 18.5 Å². The maximum atomic E-state index is 5.98. The summed E-state index contributed by atoms with van der Waals surface area (Å²) in [6.07, 6.45) is 1.04. The van der Waals surface area contributed by atoms with Gasteiger partial charge in [-0.3, -0.25) is 0 Å². The highest BCUT2D eigenvalue weighted by Crippen LogP contribution is 2.26. The predicted octanol–water partition coefficient (Wildman–Crippen LogP) is 4.28. The monoisotopic (exact) mass is 244 g/mol. The Balaban J connectivity index is 4.05. The van der Waals surface area contributed by atoms with Gasteiger partial charge in [0.25, 0.3) is 0 Å². The van der Waals surface area contributed by atoms with Crippen LogP contribution in [0.4, 0.5) is 0 Å². The van der Waals surface area contributed by atoms with E-state index in [0.717, 1.165) is 19.6 Å². The summed E-state index contributed by atoms with van der Waals surface area (Å²) in [5.41, 5.74) is -0.0877. The van der Waals surface area contributed by atoms with Gasteiger partial charge in [0.1, 0.15) is 0 Å². The standard InChI is InChI=1S/C15H32O2/c1-9-16-15(7,8)13(4)10-11-17-14(5,6)12(2)3/h12-13H,9-11H2,1-8H3. The molecule has 2 heteroatoms. The first kappa shape index (κ1) is 16.9. The number of ether oxygens (including phenoxy) is 2. The van der Waals surface area contributed by atoms with Gasteiger partial charge in [0.15, 0.2) is 0 Å². The van der Waals surface area contributed by atoms with E-state index in [1.807, 2.05) is 6.92 Å². The molecular weight excluding hydrogens is 212 g/mol. The summed E-state index contributed by atoms with van der Waals surface area (Å²) in [6, 6.07) is 0. The maximum Gasteiger partial charge on any atom is 0.0652 e. The van der Waals surface area contributed by atoms with Gasteiger partial charge in [0.05, 0.1) is 11.2 Å². The highest BCUT2D eigenvalue weighted by Gasteiger charge is 2.27. The van der Waals surface area contributed by atoms with Gasteiger partial charge in [-0.15, -0.1) is 0 Å². The summed E-state index contributed by atoms with van der Waals surface area (Å²) in [6.45, 7) is 18.9. The molecule has 0 aromatic rings. The van der Waals surface area contributed by atoms with E-state index in [1.54, 1.807) is 0 Å². The lowest BCUT2D eigenvalue weighted by Gasteiger charge is -2.34. The molecule has 2 nitrogen and oxygen atoms in total. The van der Waals surface area contributed by atoms with Crippen molar-refractivity contribution in [2.45, 2.75) is 73.0 Å². The lowest BCUT2D eigenvalue weighted by Crippen LogP contribution is -2.36. The van der Waals surface area contributed by atoms with Gasteiger partial charge in [-0.1, -0.05) is 20.8 Å². The van der Waals surface area contributed by atoms with Crippen molar-refractivity contribution in [2.75, 3.05) is 13.2 Å². The third-order valence-corrected chi connectivity index (χ3v) is 4.12. The zero-order valence-electron chi connectivity index (χ0n) is 13.1. The van der Waals surface area contributed by atoms with Gasteiger partial charge in [-0.25, -0.2) is 0 Å². The van der Waals surface area contributed by atoms with E-state index in [1.165, 1.54) is 0 Å². The van der Waals surface area contributed by atoms with E-state index in [9.17, 15) is 0 Å². The van der Waals surface area contributed by atoms with Crippen molar-refractivity contribution in [1.82, 2.24) is 0 Å². The molecule has 0 saturated heterocycles. The van der Waals surface area contributed by atoms with E-state index in [4.69, 9.17) is 9.47 Å². The fourth-order valence-electron chi connectivity index (χ4n) is 1.53. The highest BCUT2D eigenvalue weighted by molar-refractivity contribution is 4.77. The second-order valence-electron chi connectivity index (χ2n) is 6.33. The molecule has 0 aliphatic heterocycles. The van der Waals surface area contributed by atoms with Crippen molar-refractivity contribution in [3.8, 4) is 0 Å². The zero-order valence-corrected chi connectivity index (χ0v) is 13.1. The van der Waals surface area contributed by atoms with Crippen LogP contribution >= 0.6 is 0 Å². The van der Waals surface area contributed by atoms with Crippen molar-refractivity contribution in [3.05, 3.63) is 0 Å². The van der Waals surface area contributed by atoms with Crippen LogP contribution in [0, 0.1) is 11.8 Å².